The fourth-order valence-corrected chi connectivity index (χ4v) is 1.41. The van der Waals surface area contributed by atoms with Crippen molar-refractivity contribution < 1.29 is 4.92 Å². The van der Waals surface area contributed by atoms with Gasteiger partial charge in [-0.25, -0.2) is 0 Å². The zero-order valence-electron chi connectivity index (χ0n) is 7.74. The molecule has 1 rings (SSSR count). The van der Waals surface area contributed by atoms with Gasteiger partial charge in [0.05, 0.1) is 9.95 Å². The van der Waals surface area contributed by atoms with Crippen molar-refractivity contribution in [3.05, 3.63) is 38.9 Å². The van der Waals surface area contributed by atoms with E-state index in [4.69, 9.17) is 17.3 Å². The molecule has 0 saturated carbocycles. The van der Waals surface area contributed by atoms with Crippen molar-refractivity contribution in [3.8, 4) is 0 Å². The van der Waals surface area contributed by atoms with Gasteiger partial charge in [-0.3, -0.25) is 10.1 Å². The number of benzene rings is 1. The van der Waals surface area contributed by atoms with Crippen LogP contribution in [-0.2, 0) is 6.42 Å². The molecule has 0 aliphatic rings. The molecule has 0 aliphatic carbocycles. The molecule has 0 aliphatic heterocycles. The number of nitrogens with two attached hydrogens (primary N) is 1. The number of nitrogens with zero attached hydrogens (tertiary/aromatic N) is 1. The summed E-state index contributed by atoms with van der Waals surface area (Å²) in [5.74, 6) is 0. The second-order valence-electron chi connectivity index (χ2n) is 3.21. The van der Waals surface area contributed by atoms with Gasteiger partial charge in [-0.2, -0.15) is 0 Å². The van der Waals surface area contributed by atoms with E-state index in [9.17, 15) is 10.1 Å². The number of nitro groups is 1. The minimum Gasteiger partial charge on any atom is -0.328 e. The van der Waals surface area contributed by atoms with Gasteiger partial charge in [0, 0.05) is 18.2 Å². The van der Waals surface area contributed by atoms with Gasteiger partial charge >= 0.3 is 0 Å². The van der Waals surface area contributed by atoms with Gasteiger partial charge in [-0.05, 0) is 18.9 Å². The highest BCUT2D eigenvalue weighted by Crippen LogP contribution is 2.23. The van der Waals surface area contributed by atoms with E-state index in [0.29, 0.717) is 11.4 Å². The first-order chi connectivity index (χ1) is 6.50. The lowest BCUT2D eigenvalue weighted by Crippen LogP contribution is -2.17. The van der Waals surface area contributed by atoms with Crippen LogP contribution < -0.4 is 5.73 Å². The van der Waals surface area contributed by atoms with Crippen molar-refractivity contribution in [1.29, 1.82) is 0 Å². The summed E-state index contributed by atoms with van der Waals surface area (Å²) >= 11 is 5.86. The molecule has 5 heteroatoms. The van der Waals surface area contributed by atoms with Gasteiger partial charge in [-0.15, -0.1) is 0 Å². The van der Waals surface area contributed by atoms with E-state index in [1.165, 1.54) is 12.1 Å². The van der Waals surface area contributed by atoms with E-state index in [0.717, 1.165) is 5.56 Å². The smallest absolute Gasteiger partial charge is 0.270 e. The number of hydrogen-bond acceptors (Lipinski definition) is 3. The lowest BCUT2D eigenvalue weighted by atomic mass is 10.1. The largest absolute Gasteiger partial charge is 0.328 e. The van der Waals surface area contributed by atoms with Gasteiger partial charge in [0.15, 0.2) is 0 Å². The molecule has 0 unspecified atom stereocenters. The molecule has 4 nitrogen and oxygen atoms in total. The van der Waals surface area contributed by atoms with Gasteiger partial charge in [-0.1, -0.05) is 17.7 Å². The topological polar surface area (TPSA) is 69.2 Å². The summed E-state index contributed by atoms with van der Waals surface area (Å²) in [5.41, 5.74) is 6.44. The first kappa shape index (κ1) is 10.9. The molecular formula is C9H11ClN2O2. The molecule has 0 fully saturated rings. The third-order valence-electron chi connectivity index (χ3n) is 1.79. The van der Waals surface area contributed by atoms with E-state index in [1.807, 2.05) is 6.92 Å². The fourth-order valence-electron chi connectivity index (χ4n) is 1.16. The van der Waals surface area contributed by atoms with Gasteiger partial charge < -0.3 is 5.73 Å². The second kappa shape index (κ2) is 4.39. The SMILES string of the molecule is C[C@@H](N)Cc1ccc([N+](=O)[O-])cc1Cl. The molecule has 0 heterocycles. The van der Waals surface area contributed by atoms with Crippen LogP contribution in [0.25, 0.3) is 0 Å². The summed E-state index contributed by atoms with van der Waals surface area (Å²) in [5, 5.41) is 10.8. The van der Waals surface area contributed by atoms with Crippen LogP contribution >= 0.6 is 11.6 Å². The molecule has 0 radical (unpaired) electrons. The normalized spacial score (nSPS) is 12.5. The molecule has 14 heavy (non-hydrogen) atoms. The van der Waals surface area contributed by atoms with E-state index < -0.39 is 4.92 Å². The zero-order chi connectivity index (χ0) is 10.7. The summed E-state index contributed by atoms with van der Waals surface area (Å²) in [6, 6.07) is 4.42. The predicted octanol–water partition coefficient (Wildman–Crippen LogP) is 2.14. The maximum atomic E-state index is 10.4. The van der Waals surface area contributed by atoms with Crippen molar-refractivity contribution in [1.82, 2.24) is 0 Å². The van der Waals surface area contributed by atoms with Crippen LogP contribution in [0.3, 0.4) is 0 Å². The summed E-state index contributed by atoms with van der Waals surface area (Å²) in [4.78, 5) is 9.94. The third kappa shape index (κ3) is 2.68. The van der Waals surface area contributed by atoms with Crippen LogP contribution in [0.4, 0.5) is 5.69 Å². The highest BCUT2D eigenvalue weighted by atomic mass is 35.5. The van der Waals surface area contributed by atoms with E-state index in [-0.39, 0.29) is 11.7 Å². The minimum absolute atomic E-state index is 0.00317. The highest BCUT2D eigenvalue weighted by Gasteiger charge is 2.09. The van der Waals surface area contributed by atoms with E-state index >= 15 is 0 Å². The Balaban J connectivity index is 2.95. The lowest BCUT2D eigenvalue weighted by molar-refractivity contribution is -0.384. The first-order valence-electron chi connectivity index (χ1n) is 4.19. The average molecular weight is 215 g/mol. The Bertz CT molecular complexity index is 353. The highest BCUT2D eigenvalue weighted by molar-refractivity contribution is 6.31. The Morgan fingerprint density at radius 2 is 2.29 bits per heavy atom. The quantitative estimate of drug-likeness (QED) is 0.619. The molecule has 76 valence electrons. The molecule has 1 aromatic carbocycles. The fraction of sp³-hybridized carbons (Fsp3) is 0.333. The zero-order valence-corrected chi connectivity index (χ0v) is 8.49. The predicted molar refractivity (Wildman–Crippen MR) is 55.5 cm³/mol. The molecule has 1 atom stereocenters. The monoisotopic (exact) mass is 214 g/mol. The van der Waals surface area contributed by atoms with Crippen LogP contribution in [0.2, 0.25) is 5.02 Å². The van der Waals surface area contributed by atoms with Crippen LogP contribution in [0.1, 0.15) is 12.5 Å². The van der Waals surface area contributed by atoms with Crippen molar-refractivity contribution in [2.75, 3.05) is 0 Å². The molecule has 0 amide bonds. The Labute approximate surface area is 86.8 Å². The Hall–Kier alpha value is -1.13. The van der Waals surface area contributed by atoms with Crippen molar-refractivity contribution in [2.24, 2.45) is 5.73 Å². The molecule has 2 N–H and O–H groups in total. The maximum Gasteiger partial charge on any atom is 0.270 e. The molecule has 0 aromatic heterocycles. The van der Waals surface area contributed by atoms with Crippen LogP contribution in [0.15, 0.2) is 18.2 Å². The number of rotatable bonds is 3. The Morgan fingerprint density at radius 1 is 1.64 bits per heavy atom. The maximum absolute atomic E-state index is 10.4. The summed E-state index contributed by atoms with van der Waals surface area (Å²) in [6.07, 6.45) is 0.622. The standard InChI is InChI=1S/C9H11ClN2O2/c1-6(11)4-7-2-3-8(12(13)14)5-9(7)10/h2-3,5-6H,4,11H2,1H3/t6-/m1/s1. The third-order valence-corrected chi connectivity index (χ3v) is 2.14. The second-order valence-corrected chi connectivity index (χ2v) is 3.62. The molecular weight excluding hydrogens is 204 g/mol. The Morgan fingerprint density at radius 3 is 2.71 bits per heavy atom. The van der Waals surface area contributed by atoms with Gasteiger partial charge in [0.1, 0.15) is 0 Å². The molecule has 0 bridgehead atoms. The number of nitro benzene ring substituents is 1. The molecule has 0 spiro atoms. The molecule has 0 saturated heterocycles. The van der Waals surface area contributed by atoms with Crippen molar-refractivity contribution >= 4 is 17.3 Å². The van der Waals surface area contributed by atoms with Crippen molar-refractivity contribution in [2.45, 2.75) is 19.4 Å². The summed E-state index contributed by atoms with van der Waals surface area (Å²) in [6.45, 7) is 1.86. The number of non-ortho nitro benzene ring substituents is 1. The van der Waals surface area contributed by atoms with Gasteiger partial charge in [0.25, 0.3) is 5.69 Å². The van der Waals surface area contributed by atoms with E-state index in [2.05, 4.69) is 0 Å². The van der Waals surface area contributed by atoms with Crippen LogP contribution in [0, 0.1) is 10.1 Å². The van der Waals surface area contributed by atoms with Crippen LogP contribution in [0.5, 0.6) is 0 Å². The summed E-state index contributed by atoms with van der Waals surface area (Å²) < 4.78 is 0. The van der Waals surface area contributed by atoms with Crippen LogP contribution in [-0.4, -0.2) is 11.0 Å². The van der Waals surface area contributed by atoms with Crippen molar-refractivity contribution in [3.63, 3.8) is 0 Å². The molecule has 1 aromatic rings. The summed E-state index contributed by atoms with van der Waals surface area (Å²) in [7, 11) is 0. The first-order valence-corrected chi connectivity index (χ1v) is 4.57. The minimum atomic E-state index is -0.471. The number of halogens is 1. The average Bonchev–Trinajstić information content (AvgIpc) is 2.07. The van der Waals surface area contributed by atoms with E-state index in [1.54, 1.807) is 6.07 Å². The Kier molecular flexibility index (Phi) is 3.43. The number of hydrogen-bond donors (Lipinski definition) is 1. The van der Waals surface area contributed by atoms with Gasteiger partial charge in [0.2, 0.25) is 0 Å². The lowest BCUT2D eigenvalue weighted by Gasteiger charge is -2.06.